The first-order chi connectivity index (χ1) is 16.9. The van der Waals surface area contributed by atoms with E-state index in [2.05, 4.69) is 15.0 Å². The van der Waals surface area contributed by atoms with Crippen LogP contribution in [0.1, 0.15) is 18.1 Å². The molecule has 2 aromatic carbocycles. The highest BCUT2D eigenvalue weighted by Crippen LogP contribution is 2.36. The summed E-state index contributed by atoms with van der Waals surface area (Å²) in [6.07, 6.45) is -3.22. The van der Waals surface area contributed by atoms with Crippen LogP contribution in [0.5, 0.6) is 5.75 Å². The molecule has 0 saturated carbocycles. The molecule has 0 aliphatic heterocycles. The first-order valence-corrected chi connectivity index (χ1v) is 12.1. The number of pyridine rings is 1. The number of nitrogens with one attached hydrogen (secondary N) is 2. The summed E-state index contributed by atoms with van der Waals surface area (Å²) in [5.74, 6) is -1.21. The van der Waals surface area contributed by atoms with Gasteiger partial charge in [0.1, 0.15) is 11.3 Å². The van der Waals surface area contributed by atoms with Crippen LogP contribution >= 0.6 is 0 Å². The fourth-order valence-electron chi connectivity index (χ4n) is 3.43. The van der Waals surface area contributed by atoms with Gasteiger partial charge in [0.2, 0.25) is 11.0 Å². The first kappa shape index (κ1) is 25.2. The van der Waals surface area contributed by atoms with E-state index in [0.29, 0.717) is 22.6 Å². The third-order valence-corrected chi connectivity index (χ3v) is 6.68. The zero-order valence-corrected chi connectivity index (χ0v) is 19.5. The Labute approximate surface area is 203 Å². The molecule has 0 bridgehead atoms. The van der Waals surface area contributed by atoms with E-state index in [0.717, 1.165) is 12.1 Å². The van der Waals surface area contributed by atoms with Gasteiger partial charge in [0.05, 0.1) is 17.3 Å². The van der Waals surface area contributed by atoms with Crippen LogP contribution in [0.4, 0.5) is 13.2 Å². The highest BCUT2D eigenvalue weighted by molar-refractivity contribution is 7.89. The number of carbonyl (C=O) groups excluding carboxylic acids is 1. The molecule has 4 aromatic rings. The molecule has 1 atom stereocenters. The topological polar surface area (TPSA) is 122 Å². The van der Waals surface area contributed by atoms with E-state index in [9.17, 15) is 31.5 Å². The SMILES string of the molecule is C[C@H](NS(=O)(=O)c1cc2ccccc2o1)C(=O)NCc1ccnc(-c2ccc(C(F)(F)F)cc2O)c1. The minimum Gasteiger partial charge on any atom is -0.507 e. The minimum absolute atomic E-state index is 0.0214. The molecule has 8 nitrogen and oxygen atoms in total. The molecule has 0 aliphatic carbocycles. The molecule has 0 aliphatic rings. The van der Waals surface area contributed by atoms with E-state index in [1.807, 2.05) is 0 Å². The second-order valence-corrected chi connectivity index (χ2v) is 9.59. The number of alkyl halides is 3. The Kier molecular flexibility index (Phi) is 6.74. The van der Waals surface area contributed by atoms with E-state index in [1.165, 1.54) is 25.3 Å². The number of aromatic hydroxyl groups is 1. The number of aromatic nitrogens is 1. The molecular weight excluding hydrogens is 499 g/mol. The Morgan fingerprint density at radius 1 is 1.11 bits per heavy atom. The highest BCUT2D eigenvalue weighted by atomic mass is 32.2. The van der Waals surface area contributed by atoms with Gasteiger partial charge in [0, 0.05) is 29.8 Å². The van der Waals surface area contributed by atoms with Crippen molar-refractivity contribution in [1.82, 2.24) is 15.0 Å². The Balaban J connectivity index is 1.41. The van der Waals surface area contributed by atoms with Crippen molar-refractivity contribution < 1.29 is 35.9 Å². The number of carbonyl (C=O) groups is 1. The second kappa shape index (κ2) is 9.63. The number of amides is 1. The molecule has 0 saturated heterocycles. The number of phenols is 1. The maximum Gasteiger partial charge on any atom is 0.416 e. The summed E-state index contributed by atoms with van der Waals surface area (Å²) >= 11 is 0. The monoisotopic (exact) mass is 519 g/mol. The summed E-state index contributed by atoms with van der Waals surface area (Å²) < 4.78 is 71.4. The number of para-hydroxylation sites is 1. The molecule has 0 unspecified atom stereocenters. The zero-order valence-electron chi connectivity index (χ0n) is 18.7. The summed E-state index contributed by atoms with van der Waals surface area (Å²) in [6.45, 7) is 1.35. The predicted octanol–water partition coefficient (Wildman–Crippen LogP) is 4.20. The van der Waals surface area contributed by atoms with Crippen molar-refractivity contribution in [3.05, 3.63) is 78.0 Å². The van der Waals surface area contributed by atoms with Gasteiger partial charge in [-0.25, -0.2) is 8.42 Å². The quantitative estimate of drug-likeness (QED) is 0.337. The van der Waals surface area contributed by atoms with Crippen molar-refractivity contribution in [1.29, 1.82) is 0 Å². The minimum atomic E-state index is -4.60. The molecule has 3 N–H and O–H groups in total. The van der Waals surface area contributed by atoms with Crippen molar-refractivity contribution in [2.24, 2.45) is 0 Å². The fourth-order valence-corrected chi connectivity index (χ4v) is 4.60. The number of hydrogen-bond donors (Lipinski definition) is 3. The molecule has 0 radical (unpaired) electrons. The molecule has 36 heavy (non-hydrogen) atoms. The average molecular weight is 520 g/mol. The number of hydrogen-bond acceptors (Lipinski definition) is 6. The van der Waals surface area contributed by atoms with Crippen molar-refractivity contribution in [2.45, 2.75) is 30.8 Å². The Bertz CT molecular complexity index is 1500. The lowest BCUT2D eigenvalue weighted by atomic mass is 10.1. The zero-order chi connectivity index (χ0) is 26.1. The van der Waals surface area contributed by atoms with Crippen molar-refractivity contribution in [2.75, 3.05) is 0 Å². The van der Waals surface area contributed by atoms with Gasteiger partial charge in [-0.2, -0.15) is 17.9 Å². The number of nitrogens with zero attached hydrogens (tertiary/aromatic N) is 1. The van der Waals surface area contributed by atoms with Crippen molar-refractivity contribution >= 4 is 26.9 Å². The van der Waals surface area contributed by atoms with Gasteiger partial charge < -0.3 is 14.8 Å². The number of benzene rings is 2. The predicted molar refractivity (Wildman–Crippen MR) is 124 cm³/mol. The van der Waals surface area contributed by atoms with Crippen LogP contribution in [0.25, 0.3) is 22.2 Å². The summed E-state index contributed by atoms with van der Waals surface area (Å²) in [7, 11) is -4.11. The molecule has 1 amide bonds. The largest absolute Gasteiger partial charge is 0.507 e. The van der Waals surface area contributed by atoms with E-state index >= 15 is 0 Å². The lowest BCUT2D eigenvalue weighted by molar-refractivity contribution is -0.137. The lowest BCUT2D eigenvalue weighted by Gasteiger charge is -2.14. The Hall–Kier alpha value is -3.90. The van der Waals surface area contributed by atoms with Gasteiger partial charge in [-0.3, -0.25) is 9.78 Å². The van der Waals surface area contributed by atoms with Crippen LogP contribution in [0.3, 0.4) is 0 Å². The van der Waals surface area contributed by atoms with Gasteiger partial charge >= 0.3 is 6.18 Å². The van der Waals surface area contributed by atoms with E-state index in [4.69, 9.17) is 4.42 Å². The molecular formula is C24H20F3N3O5S. The highest BCUT2D eigenvalue weighted by Gasteiger charge is 2.31. The van der Waals surface area contributed by atoms with E-state index in [-0.39, 0.29) is 22.9 Å². The third-order valence-electron chi connectivity index (χ3n) is 5.29. The number of rotatable bonds is 7. The van der Waals surface area contributed by atoms with Crippen LogP contribution in [-0.4, -0.2) is 30.5 Å². The number of sulfonamides is 1. The summed E-state index contributed by atoms with van der Waals surface area (Å²) in [6, 6.07) is 12.6. The Morgan fingerprint density at radius 2 is 1.86 bits per heavy atom. The maximum absolute atomic E-state index is 12.8. The van der Waals surface area contributed by atoms with Gasteiger partial charge in [0.15, 0.2) is 0 Å². The molecule has 4 rings (SSSR count). The van der Waals surface area contributed by atoms with Crippen LogP contribution in [0.2, 0.25) is 0 Å². The first-order valence-electron chi connectivity index (χ1n) is 10.6. The number of phenolic OH excluding ortho intramolecular Hbond substituents is 1. The summed E-state index contributed by atoms with van der Waals surface area (Å²) in [5.41, 5.74) is 0.212. The van der Waals surface area contributed by atoms with Gasteiger partial charge in [-0.05, 0) is 48.9 Å². The van der Waals surface area contributed by atoms with E-state index in [1.54, 1.807) is 30.3 Å². The van der Waals surface area contributed by atoms with Crippen LogP contribution in [0, 0.1) is 0 Å². The van der Waals surface area contributed by atoms with Crippen molar-refractivity contribution in [3.63, 3.8) is 0 Å². The molecule has 0 fully saturated rings. The lowest BCUT2D eigenvalue weighted by Crippen LogP contribution is -2.44. The molecule has 12 heteroatoms. The normalized spacial score (nSPS) is 13.0. The van der Waals surface area contributed by atoms with Gasteiger partial charge in [-0.15, -0.1) is 0 Å². The molecule has 0 spiro atoms. The maximum atomic E-state index is 12.8. The summed E-state index contributed by atoms with van der Waals surface area (Å²) in [5, 5.41) is 12.9. The standard InChI is InChI=1S/C24H20F3N3O5S/c1-14(30-36(33,34)22-11-16-4-2-3-5-21(16)35-22)23(32)29-13-15-8-9-28-19(10-15)18-7-6-17(12-20(18)31)24(25,26)27/h2-12,14,30-31H,13H2,1H3,(H,29,32)/t14-/m0/s1. The number of fused-ring (bicyclic) bond motifs is 1. The molecule has 188 valence electrons. The molecule has 2 heterocycles. The third kappa shape index (κ3) is 5.50. The van der Waals surface area contributed by atoms with Crippen LogP contribution < -0.4 is 10.0 Å². The van der Waals surface area contributed by atoms with Gasteiger partial charge in [0.25, 0.3) is 10.0 Å². The van der Waals surface area contributed by atoms with E-state index < -0.39 is 39.5 Å². The fraction of sp³-hybridized carbons (Fsp3) is 0.167. The number of furan rings is 1. The van der Waals surface area contributed by atoms with Crippen molar-refractivity contribution in [3.8, 4) is 17.0 Å². The van der Waals surface area contributed by atoms with Crippen LogP contribution in [0.15, 0.2) is 76.4 Å². The number of halogens is 3. The second-order valence-electron chi connectivity index (χ2n) is 7.94. The van der Waals surface area contributed by atoms with Crippen LogP contribution in [-0.2, 0) is 27.5 Å². The molecule has 2 aromatic heterocycles. The van der Waals surface area contributed by atoms with Gasteiger partial charge in [-0.1, -0.05) is 18.2 Å². The average Bonchev–Trinajstić information content (AvgIpc) is 3.27. The summed E-state index contributed by atoms with van der Waals surface area (Å²) in [4.78, 5) is 16.6. The Morgan fingerprint density at radius 3 is 2.56 bits per heavy atom. The smallest absolute Gasteiger partial charge is 0.416 e.